The largest absolute Gasteiger partial charge is 0.494 e. The number of hydrogen-bond acceptors (Lipinski definition) is 4. The van der Waals surface area contributed by atoms with Crippen molar-refractivity contribution >= 4 is 38.3 Å². The van der Waals surface area contributed by atoms with Gasteiger partial charge >= 0.3 is 0 Å². The molecule has 186 valence electrons. The molecule has 0 radical (unpaired) electrons. The van der Waals surface area contributed by atoms with Gasteiger partial charge in [0, 0.05) is 52.3 Å². The van der Waals surface area contributed by atoms with Crippen LogP contribution in [0.15, 0.2) is 41.0 Å². The van der Waals surface area contributed by atoms with Gasteiger partial charge in [0.1, 0.15) is 17.0 Å². The summed E-state index contributed by atoms with van der Waals surface area (Å²) < 4.78 is 11.1. The molecule has 2 bridgehead atoms. The van der Waals surface area contributed by atoms with E-state index < -0.39 is 0 Å². The molecule has 1 amide bonds. The van der Waals surface area contributed by atoms with Crippen molar-refractivity contribution in [2.45, 2.75) is 51.2 Å². The molecule has 3 aliphatic rings. The van der Waals surface area contributed by atoms with E-state index in [0.717, 1.165) is 58.8 Å². The van der Waals surface area contributed by atoms with Crippen LogP contribution < -0.4 is 10.5 Å². The van der Waals surface area contributed by atoms with E-state index in [1.807, 2.05) is 21.7 Å². The van der Waals surface area contributed by atoms with E-state index >= 15 is 0 Å². The third-order valence-corrected chi connectivity index (χ3v) is 9.05. The zero-order valence-corrected chi connectivity index (χ0v) is 22.2. The van der Waals surface area contributed by atoms with Crippen molar-refractivity contribution < 1.29 is 9.53 Å². The van der Waals surface area contributed by atoms with Crippen LogP contribution >= 0.6 is 15.9 Å². The fraction of sp³-hybridized carbons (Fsp3) is 0.429. The molecule has 36 heavy (non-hydrogen) atoms. The number of aryl methyl sites for hydroxylation is 1. The Bertz CT molecular complexity index is 1530. The van der Waals surface area contributed by atoms with Crippen LogP contribution in [0.25, 0.3) is 27.8 Å². The van der Waals surface area contributed by atoms with Gasteiger partial charge in [-0.2, -0.15) is 5.10 Å². The van der Waals surface area contributed by atoms with Gasteiger partial charge < -0.3 is 19.9 Å². The van der Waals surface area contributed by atoms with Gasteiger partial charge in [-0.25, -0.2) is 4.52 Å². The number of methoxy groups -OCH3 is 1. The molecule has 7 nitrogen and oxygen atoms in total. The molecule has 2 saturated carbocycles. The first-order chi connectivity index (χ1) is 17.4. The molecule has 4 aromatic rings. The van der Waals surface area contributed by atoms with Crippen LogP contribution in [0.4, 0.5) is 0 Å². The summed E-state index contributed by atoms with van der Waals surface area (Å²) in [6.45, 7) is 3.82. The number of fused-ring (bicyclic) bond motifs is 4. The van der Waals surface area contributed by atoms with Gasteiger partial charge in [0.2, 0.25) is 0 Å². The van der Waals surface area contributed by atoms with Gasteiger partial charge in [-0.15, -0.1) is 0 Å². The fourth-order valence-corrected chi connectivity index (χ4v) is 6.78. The van der Waals surface area contributed by atoms with E-state index in [-0.39, 0.29) is 18.0 Å². The predicted molar refractivity (Wildman–Crippen MR) is 143 cm³/mol. The minimum absolute atomic E-state index is 0.0141. The van der Waals surface area contributed by atoms with Crippen LogP contribution in [-0.2, 0) is 6.54 Å². The Labute approximate surface area is 218 Å². The third-order valence-electron chi connectivity index (χ3n) is 8.56. The summed E-state index contributed by atoms with van der Waals surface area (Å²) in [7, 11) is 1.66. The van der Waals surface area contributed by atoms with E-state index in [1.54, 1.807) is 7.11 Å². The lowest BCUT2D eigenvalue weighted by Gasteiger charge is -2.27. The SMILES string of the molecule is COc1cc(C(=O)N2CC3CCC2[C@@H]3N)cn2nc(-c3cc4ccc(Br)cc4n3CC3CC3)c(C)c12. The van der Waals surface area contributed by atoms with E-state index in [2.05, 4.69) is 51.7 Å². The van der Waals surface area contributed by atoms with Gasteiger partial charge in [0.25, 0.3) is 5.91 Å². The number of hydrogen-bond donors (Lipinski definition) is 1. The van der Waals surface area contributed by atoms with Gasteiger partial charge in [-0.05, 0) is 68.7 Å². The second-order valence-electron chi connectivity index (χ2n) is 10.8. The monoisotopic (exact) mass is 547 g/mol. The normalized spacial score (nSPS) is 23.3. The number of aromatic nitrogens is 3. The Morgan fingerprint density at radius 1 is 1.19 bits per heavy atom. The number of piperidine rings is 1. The lowest BCUT2D eigenvalue weighted by molar-refractivity contribution is 0.0699. The highest BCUT2D eigenvalue weighted by Gasteiger charge is 2.47. The quantitative estimate of drug-likeness (QED) is 0.381. The average Bonchev–Trinajstić information content (AvgIpc) is 3.29. The Hall–Kier alpha value is -2.84. The fourth-order valence-electron chi connectivity index (χ4n) is 6.43. The topological polar surface area (TPSA) is 77.8 Å². The number of carbonyl (C=O) groups is 1. The van der Waals surface area contributed by atoms with E-state index in [0.29, 0.717) is 17.2 Å². The number of carbonyl (C=O) groups excluding carboxylic acids is 1. The van der Waals surface area contributed by atoms with Gasteiger partial charge in [-0.1, -0.05) is 22.0 Å². The molecule has 2 N–H and O–H groups in total. The van der Waals surface area contributed by atoms with Gasteiger partial charge in [-0.3, -0.25) is 4.79 Å². The maximum atomic E-state index is 13.6. The summed E-state index contributed by atoms with van der Waals surface area (Å²) in [6.07, 6.45) is 6.52. The molecule has 1 aliphatic heterocycles. The Morgan fingerprint density at radius 3 is 2.72 bits per heavy atom. The van der Waals surface area contributed by atoms with Crippen molar-refractivity contribution in [1.82, 2.24) is 19.1 Å². The molecular formula is C28H30BrN5O2. The molecule has 2 unspecified atom stereocenters. The number of amides is 1. The van der Waals surface area contributed by atoms with E-state index in [1.165, 1.54) is 23.7 Å². The van der Waals surface area contributed by atoms with Gasteiger partial charge in [0.05, 0.1) is 18.4 Å². The first-order valence-corrected chi connectivity index (χ1v) is 13.6. The molecule has 0 spiro atoms. The Kier molecular flexibility index (Phi) is 5.02. The molecule has 7 rings (SSSR count). The summed E-state index contributed by atoms with van der Waals surface area (Å²) in [5, 5.41) is 6.24. The second kappa shape index (κ2) is 8.08. The summed E-state index contributed by atoms with van der Waals surface area (Å²) >= 11 is 3.65. The van der Waals surface area contributed by atoms with Crippen molar-refractivity contribution in [1.29, 1.82) is 0 Å². The third kappa shape index (κ3) is 3.34. The Balaban J connectivity index is 1.35. The number of rotatable bonds is 5. The number of nitrogens with two attached hydrogens (primary N) is 1. The van der Waals surface area contributed by atoms with Crippen LogP contribution in [-0.4, -0.2) is 50.7 Å². The lowest BCUT2D eigenvalue weighted by Crippen LogP contribution is -2.41. The number of nitrogens with zero attached hydrogens (tertiary/aromatic N) is 4. The number of halogens is 1. The van der Waals surface area contributed by atoms with Crippen LogP contribution in [0.2, 0.25) is 0 Å². The highest BCUT2D eigenvalue weighted by molar-refractivity contribution is 9.10. The summed E-state index contributed by atoms with van der Waals surface area (Å²) in [5.41, 5.74) is 12.2. The number of ether oxygens (including phenoxy) is 1. The predicted octanol–water partition coefficient (Wildman–Crippen LogP) is 5.01. The number of likely N-dealkylation sites (tertiary alicyclic amines) is 1. The first-order valence-electron chi connectivity index (χ1n) is 12.9. The van der Waals surface area contributed by atoms with Crippen molar-refractivity contribution in [3.05, 3.63) is 52.1 Å². The van der Waals surface area contributed by atoms with Crippen molar-refractivity contribution in [3.63, 3.8) is 0 Å². The molecule has 2 aliphatic carbocycles. The molecule has 4 heterocycles. The summed E-state index contributed by atoms with van der Waals surface area (Å²) in [6, 6.07) is 10.8. The van der Waals surface area contributed by atoms with Crippen molar-refractivity contribution in [2.24, 2.45) is 17.6 Å². The number of pyridine rings is 1. The first kappa shape index (κ1) is 22.4. The zero-order valence-electron chi connectivity index (χ0n) is 20.6. The standard InChI is InChI=1S/C28H30BrN5O2/c1-15-26(23-9-17-5-7-20(29)11-22(17)32(23)12-16-3-4-16)31-34-14-19(10-24(36-2)27(15)34)28(35)33-13-18-6-8-21(33)25(18)30/h5,7,9-11,14,16,18,21,25H,3-4,6,8,12-13,30H2,1-2H3/t18?,21?,25-/m1/s1. The van der Waals surface area contributed by atoms with Crippen LogP contribution in [0, 0.1) is 18.8 Å². The maximum absolute atomic E-state index is 13.6. The average molecular weight is 548 g/mol. The van der Waals surface area contributed by atoms with Crippen LogP contribution in [0.3, 0.4) is 0 Å². The highest BCUT2D eigenvalue weighted by Crippen LogP contribution is 2.40. The smallest absolute Gasteiger partial charge is 0.255 e. The van der Waals surface area contributed by atoms with Crippen LogP contribution in [0.5, 0.6) is 5.75 Å². The zero-order chi connectivity index (χ0) is 24.7. The van der Waals surface area contributed by atoms with Crippen LogP contribution in [0.1, 0.15) is 41.6 Å². The van der Waals surface area contributed by atoms with E-state index in [4.69, 9.17) is 15.6 Å². The second-order valence-corrected chi connectivity index (χ2v) is 11.7. The molecule has 1 aromatic carbocycles. The number of benzene rings is 1. The van der Waals surface area contributed by atoms with Crippen molar-refractivity contribution in [3.8, 4) is 17.1 Å². The van der Waals surface area contributed by atoms with Crippen molar-refractivity contribution in [2.75, 3.05) is 13.7 Å². The minimum Gasteiger partial charge on any atom is -0.494 e. The molecular weight excluding hydrogens is 518 g/mol. The highest BCUT2D eigenvalue weighted by atomic mass is 79.9. The lowest BCUT2D eigenvalue weighted by atomic mass is 10.1. The van der Waals surface area contributed by atoms with Gasteiger partial charge in [0.15, 0.2) is 0 Å². The summed E-state index contributed by atoms with van der Waals surface area (Å²) in [5.74, 6) is 1.81. The molecule has 3 atom stereocenters. The molecule has 8 heteroatoms. The molecule has 3 aromatic heterocycles. The molecule has 3 fully saturated rings. The summed E-state index contributed by atoms with van der Waals surface area (Å²) in [4.78, 5) is 15.5. The maximum Gasteiger partial charge on any atom is 0.255 e. The van der Waals surface area contributed by atoms with E-state index in [9.17, 15) is 4.79 Å². The molecule has 1 saturated heterocycles. The Morgan fingerprint density at radius 2 is 2.03 bits per heavy atom. The minimum atomic E-state index is 0.0141.